The second-order valence-corrected chi connectivity index (χ2v) is 8.55. The SMILES string of the molecule is Nc1nc(Cc2ccc(N(CCO)CCO)cc2)c(Cc2ccc(N(CCO)CCO)cc2)cc1O. The lowest BCUT2D eigenvalue weighted by molar-refractivity contribution is 0.280. The number of aliphatic hydroxyl groups is 4. The predicted octanol–water partition coefficient (Wildman–Crippen LogP) is 1.13. The molecule has 0 radical (unpaired) electrons. The highest BCUT2D eigenvalue weighted by Gasteiger charge is 2.13. The molecule has 3 aromatic rings. The molecule has 0 atom stereocenters. The fraction of sp³-hybridized carbons (Fsp3) is 0.370. The van der Waals surface area contributed by atoms with Crippen molar-refractivity contribution in [3.63, 3.8) is 0 Å². The molecule has 0 aliphatic heterocycles. The molecular weight excluding hydrogens is 460 g/mol. The van der Waals surface area contributed by atoms with E-state index in [1.807, 2.05) is 58.3 Å². The molecule has 0 spiro atoms. The Kier molecular flexibility index (Phi) is 10.3. The van der Waals surface area contributed by atoms with E-state index in [1.54, 1.807) is 6.07 Å². The molecule has 0 unspecified atom stereocenters. The zero-order chi connectivity index (χ0) is 25.9. The first-order valence-corrected chi connectivity index (χ1v) is 12.1. The van der Waals surface area contributed by atoms with Gasteiger partial charge in [0.05, 0.1) is 32.1 Å². The number of nitrogens with two attached hydrogens (primary N) is 1. The van der Waals surface area contributed by atoms with Crippen molar-refractivity contribution in [1.82, 2.24) is 4.98 Å². The lowest BCUT2D eigenvalue weighted by Gasteiger charge is -2.23. The maximum absolute atomic E-state index is 10.2. The van der Waals surface area contributed by atoms with Crippen LogP contribution in [0.5, 0.6) is 5.75 Å². The van der Waals surface area contributed by atoms with Crippen LogP contribution >= 0.6 is 0 Å². The summed E-state index contributed by atoms with van der Waals surface area (Å²) in [6, 6.07) is 17.4. The van der Waals surface area contributed by atoms with E-state index in [1.165, 1.54) is 0 Å². The van der Waals surface area contributed by atoms with E-state index in [2.05, 4.69) is 4.98 Å². The Balaban J connectivity index is 1.79. The van der Waals surface area contributed by atoms with Crippen molar-refractivity contribution < 1.29 is 25.5 Å². The first-order valence-electron chi connectivity index (χ1n) is 12.1. The fourth-order valence-corrected chi connectivity index (χ4v) is 4.19. The van der Waals surface area contributed by atoms with Crippen molar-refractivity contribution in [3.05, 3.63) is 77.0 Å². The monoisotopic (exact) mass is 496 g/mol. The largest absolute Gasteiger partial charge is 0.504 e. The molecule has 9 heteroatoms. The van der Waals surface area contributed by atoms with Crippen LogP contribution in [0.1, 0.15) is 22.4 Å². The van der Waals surface area contributed by atoms with E-state index in [9.17, 15) is 25.5 Å². The normalized spacial score (nSPS) is 11.0. The third kappa shape index (κ3) is 7.32. The maximum atomic E-state index is 10.2. The van der Waals surface area contributed by atoms with Gasteiger partial charge in [-0.1, -0.05) is 24.3 Å². The summed E-state index contributed by atoms with van der Waals surface area (Å²) < 4.78 is 0. The highest BCUT2D eigenvalue weighted by Crippen LogP contribution is 2.27. The van der Waals surface area contributed by atoms with Gasteiger partial charge in [0, 0.05) is 44.0 Å². The summed E-state index contributed by atoms with van der Waals surface area (Å²) in [6.45, 7) is 1.78. The van der Waals surface area contributed by atoms with Crippen LogP contribution in [0.25, 0.3) is 0 Å². The van der Waals surface area contributed by atoms with Crippen molar-refractivity contribution in [1.29, 1.82) is 0 Å². The van der Waals surface area contributed by atoms with Gasteiger partial charge in [-0.3, -0.25) is 0 Å². The molecule has 7 N–H and O–H groups in total. The standard InChI is InChI=1S/C27H36N4O5/c28-27-26(36)19-22(17-20-1-5-23(6-2-20)30(9-13-32)10-14-33)25(29-27)18-21-3-7-24(8-4-21)31(11-15-34)12-16-35/h1-8,19,32-36H,9-18H2,(H2,28,29). The summed E-state index contributed by atoms with van der Waals surface area (Å²) in [7, 11) is 0. The van der Waals surface area contributed by atoms with Gasteiger partial charge in [0.25, 0.3) is 0 Å². The Hall–Kier alpha value is -3.37. The number of anilines is 3. The highest BCUT2D eigenvalue weighted by molar-refractivity contribution is 5.53. The van der Waals surface area contributed by atoms with E-state index < -0.39 is 0 Å². The zero-order valence-corrected chi connectivity index (χ0v) is 20.4. The van der Waals surface area contributed by atoms with Gasteiger partial charge < -0.3 is 41.1 Å². The van der Waals surface area contributed by atoms with Gasteiger partial charge in [-0.2, -0.15) is 0 Å². The number of pyridine rings is 1. The molecule has 0 saturated carbocycles. The molecule has 1 heterocycles. The highest BCUT2D eigenvalue weighted by atomic mass is 16.3. The Morgan fingerprint density at radius 1 is 0.639 bits per heavy atom. The van der Waals surface area contributed by atoms with Gasteiger partial charge in [0.2, 0.25) is 0 Å². The average Bonchev–Trinajstić information content (AvgIpc) is 2.88. The van der Waals surface area contributed by atoms with Gasteiger partial charge >= 0.3 is 0 Å². The molecule has 2 aromatic carbocycles. The van der Waals surface area contributed by atoms with Crippen LogP contribution < -0.4 is 15.5 Å². The molecule has 1 aromatic heterocycles. The van der Waals surface area contributed by atoms with Crippen molar-refractivity contribution in [3.8, 4) is 5.75 Å². The molecule has 36 heavy (non-hydrogen) atoms. The van der Waals surface area contributed by atoms with E-state index in [-0.39, 0.29) is 38.0 Å². The minimum atomic E-state index is -0.0542. The van der Waals surface area contributed by atoms with Gasteiger partial charge in [-0.15, -0.1) is 0 Å². The van der Waals surface area contributed by atoms with E-state index in [0.29, 0.717) is 39.0 Å². The van der Waals surface area contributed by atoms with Crippen molar-refractivity contribution >= 4 is 17.2 Å². The van der Waals surface area contributed by atoms with Crippen molar-refractivity contribution in [2.45, 2.75) is 12.8 Å². The number of nitrogens with zero attached hydrogens (tertiary/aromatic N) is 3. The molecule has 0 saturated heterocycles. The van der Waals surface area contributed by atoms with Crippen LogP contribution in [0.15, 0.2) is 54.6 Å². The fourth-order valence-electron chi connectivity index (χ4n) is 4.19. The minimum absolute atomic E-state index is 0.00335. The van der Waals surface area contributed by atoms with Crippen LogP contribution in [0, 0.1) is 0 Å². The third-order valence-corrected chi connectivity index (χ3v) is 6.05. The molecule has 9 nitrogen and oxygen atoms in total. The zero-order valence-electron chi connectivity index (χ0n) is 20.4. The molecule has 0 aliphatic carbocycles. The summed E-state index contributed by atoms with van der Waals surface area (Å²) >= 11 is 0. The first kappa shape index (κ1) is 27.2. The summed E-state index contributed by atoms with van der Waals surface area (Å²) in [5.41, 5.74) is 11.4. The number of aliphatic hydroxyl groups excluding tert-OH is 4. The van der Waals surface area contributed by atoms with Gasteiger partial charge in [-0.25, -0.2) is 4.98 Å². The second-order valence-electron chi connectivity index (χ2n) is 8.55. The summed E-state index contributed by atoms with van der Waals surface area (Å²) in [4.78, 5) is 8.29. The lowest BCUT2D eigenvalue weighted by Crippen LogP contribution is -2.29. The molecule has 194 valence electrons. The van der Waals surface area contributed by atoms with Crippen LogP contribution in [-0.4, -0.2) is 83.1 Å². The van der Waals surface area contributed by atoms with E-state index in [4.69, 9.17) is 5.73 Å². The Labute approximate surface area is 211 Å². The topological polar surface area (TPSA) is 147 Å². The number of aromatic hydroxyl groups is 1. The van der Waals surface area contributed by atoms with E-state index in [0.717, 1.165) is 33.8 Å². The summed E-state index contributed by atoms with van der Waals surface area (Å²) in [5.74, 6) is 0.0304. The van der Waals surface area contributed by atoms with Gasteiger partial charge in [0.15, 0.2) is 11.6 Å². The van der Waals surface area contributed by atoms with E-state index >= 15 is 0 Å². The average molecular weight is 497 g/mol. The van der Waals surface area contributed by atoms with Gasteiger partial charge in [0.1, 0.15) is 0 Å². The Morgan fingerprint density at radius 2 is 1.06 bits per heavy atom. The van der Waals surface area contributed by atoms with Gasteiger partial charge in [-0.05, 0) is 53.4 Å². The smallest absolute Gasteiger partial charge is 0.166 e. The molecule has 0 fully saturated rings. The number of benzene rings is 2. The summed E-state index contributed by atoms with van der Waals surface area (Å²) in [6.07, 6.45) is 1.08. The van der Waals surface area contributed by atoms with Crippen LogP contribution in [0.4, 0.5) is 17.2 Å². The number of hydrogen-bond donors (Lipinski definition) is 6. The van der Waals surface area contributed by atoms with Crippen LogP contribution in [-0.2, 0) is 12.8 Å². The molecule has 3 rings (SSSR count). The number of nitrogen functional groups attached to an aromatic ring is 1. The molecule has 0 amide bonds. The molecular formula is C27H36N4O5. The van der Waals surface area contributed by atoms with Crippen LogP contribution in [0.3, 0.4) is 0 Å². The van der Waals surface area contributed by atoms with Crippen molar-refractivity contribution in [2.75, 3.05) is 68.1 Å². The predicted molar refractivity (Wildman–Crippen MR) is 142 cm³/mol. The first-order chi connectivity index (χ1) is 17.5. The second kappa shape index (κ2) is 13.6. The Bertz CT molecular complexity index is 978. The third-order valence-electron chi connectivity index (χ3n) is 6.05. The number of hydrogen-bond acceptors (Lipinski definition) is 9. The number of rotatable bonds is 14. The quantitative estimate of drug-likeness (QED) is 0.193. The lowest BCUT2D eigenvalue weighted by atomic mass is 9.98. The van der Waals surface area contributed by atoms with Crippen molar-refractivity contribution in [2.24, 2.45) is 0 Å². The maximum Gasteiger partial charge on any atom is 0.166 e. The molecule has 0 aliphatic rings. The molecule has 0 bridgehead atoms. The minimum Gasteiger partial charge on any atom is -0.504 e. The number of aromatic nitrogens is 1. The Morgan fingerprint density at radius 3 is 1.47 bits per heavy atom. The summed E-state index contributed by atoms with van der Waals surface area (Å²) in [5, 5.41) is 47.3. The van der Waals surface area contributed by atoms with Crippen LogP contribution in [0.2, 0.25) is 0 Å².